The summed E-state index contributed by atoms with van der Waals surface area (Å²) in [5.41, 5.74) is -0.425. The van der Waals surface area contributed by atoms with Gasteiger partial charge in [-0.25, -0.2) is 13.2 Å². The minimum absolute atomic E-state index is 0.00457. The number of phenolic OH excluding ortho intramolecular Hbond substituents is 1. The first-order chi connectivity index (χ1) is 22.6. The number of nitrogens with one attached hydrogen (secondary N) is 1. The molecule has 47 heavy (non-hydrogen) atoms. The minimum Gasteiger partial charge on any atom is -0.508 e. The summed E-state index contributed by atoms with van der Waals surface area (Å²) in [5.74, 6) is -0.872. The van der Waals surface area contributed by atoms with E-state index in [4.69, 9.17) is 9.72 Å². The van der Waals surface area contributed by atoms with Crippen LogP contribution in [0.2, 0.25) is 0 Å². The number of carbonyl (C=O) groups is 1. The van der Waals surface area contributed by atoms with Crippen molar-refractivity contribution in [3.8, 4) is 23.0 Å². The number of likely N-dealkylation sites (tertiary alicyclic amines) is 1. The molecule has 248 valence electrons. The first kappa shape index (κ1) is 31.4. The van der Waals surface area contributed by atoms with Crippen LogP contribution >= 0.6 is 0 Å². The summed E-state index contributed by atoms with van der Waals surface area (Å²) in [6, 6.07) is 5.75. The van der Waals surface area contributed by atoms with Gasteiger partial charge in [0.1, 0.15) is 41.4 Å². The monoisotopic (exact) mass is 648 g/mol. The van der Waals surface area contributed by atoms with Gasteiger partial charge in [0.05, 0.1) is 22.9 Å². The lowest BCUT2D eigenvalue weighted by Crippen LogP contribution is -2.68. The van der Waals surface area contributed by atoms with Crippen molar-refractivity contribution in [2.75, 3.05) is 37.7 Å². The normalized spacial score (nSPS) is 24.7. The quantitative estimate of drug-likeness (QED) is 0.230. The van der Waals surface area contributed by atoms with Crippen LogP contribution in [0.1, 0.15) is 58.4 Å². The van der Waals surface area contributed by atoms with Crippen molar-refractivity contribution in [2.24, 2.45) is 0 Å². The Morgan fingerprint density at radius 1 is 1.17 bits per heavy atom. The molecule has 3 fully saturated rings. The van der Waals surface area contributed by atoms with Gasteiger partial charge in [-0.1, -0.05) is 26.8 Å². The third kappa shape index (κ3) is 5.30. The topological polar surface area (TPSA) is 104 Å². The van der Waals surface area contributed by atoms with Crippen LogP contribution < -0.4 is 15.0 Å². The van der Waals surface area contributed by atoms with Gasteiger partial charge in [0.2, 0.25) is 5.91 Å². The van der Waals surface area contributed by atoms with E-state index in [1.54, 1.807) is 6.07 Å². The second kappa shape index (κ2) is 11.8. The number of amides is 1. The minimum atomic E-state index is -0.977. The Balaban J connectivity index is 1.37. The molecule has 2 N–H and O–H groups in total. The fourth-order valence-electron chi connectivity index (χ4n) is 8.01. The molecule has 3 atom stereocenters. The predicted molar refractivity (Wildman–Crippen MR) is 173 cm³/mol. The molecule has 4 aromatic rings. The van der Waals surface area contributed by atoms with E-state index in [1.807, 2.05) is 25.7 Å². The van der Waals surface area contributed by atoms with Crippen molar-refractivity contribution in [1.82, 2.24) is 25.2 Å². The molecule has 3 aliphatic heterocycles. The first-order valence-corrected chi connectivity index (χ1v) is 16.5. The zero-order chi connectivity index (χ0) is 33.1. The summed E-state index contributed by atoms with van der Waals surface area (Å²) in [7, 11) is 0. The van der Waals surface area contributed by atoms with Crippen molar-refractivity contribution in [3.05, 3.63) is 47.7 Å². The molecule has 12 heteroatoms. The number of ether oxygens (including phenoxy) is 1. The largest absolute Gasteiger partial charge is 0.508 e. The van der Waals surface area contributed by atoms with Gasteiger partial charge in [-0.05, 0) is 66.8 Å². The Bertz CT molecular complexity index is 1880. The highest BCUT2D eigenvalue weighted by molar-refractivity contribution is 6.01. The van der Waals surface area contributed by atoms with Crippen LogP contribution in [0.5, 0.6) is 11.8 Å². The molecule has 9 nitrogen and oxygen atoms in total. The molecule has 2 aromatic heterocycles. The lowest BCUT2D eigenvalue weighted by atomic mass is 9.80. The molecule has 7 rings (SSSR count). The van der Waals surface area contributed by atoms with E-state index < -0.39 is 23.3 Å². The van der Waals surface area contributed by atoms with Gasteiger partial charge in [0.15, 0.2) is 5.82 Å². The average molecular weight is 649 g/mol. The Morgan fingerprint density at radius 3 is 2.70 bits per heavy atom. The molecule has 0 aliphatic carbocycles. The number of nitrogens with zero attached hydrogens (tertiary/aromatic N) is 5. The number of aromatic nitrogens is 3. The van der Waals surface area contributed by atoms with Gasteiger partial charge in [-0.2, -0.15) is 9.97 Å². The number of hydrogen-bond donors (Lipinski definition) is 2. The van der Waals surface area contributed by atoms with Crippen LogP contribution in [-0.2, 0) is 11.2 Å². The molecule has 0 bridgehead atoms. The Labute approximate surface area is 271 Å². The van der Waals surface area contributed by atoms with E-state index in [1.165, 1.54) is 24.4 Å². The number of alkyl halides is 1. The molecular formula is C35H39F3N6O3. The van der Waals surface area contributed by atoms with Gasteiger partial charge < -0.3 is 20.1 Å². The zero-order valence-electron chi connectivity index (χ0n) is 26.9. The van der Waals surface area contributed by atoms with E-state index in [2.05, 4.69) is 20.2 Å². The zero-order valence-corrected chi connectivity index (χ0v) is 26.9. The number of anilines is 1. The number of phenols is 1. The van der Waals surface area contributed by atoms with Gasteiger partial charge in [0.25, 0.3) is 0 Å². The predicted octanol–water partition coefficient (Wildman–Crippen LogP) is 5.84. The molecule has 1 amide bonds. The van der Waals surface area contributed by atoms with E-state index in [9.17, 15) is 18.7 Å². The molecule has 0 radical (unpaired) electrons. The van der Waals surface area contributed by atoms with Crippen molar-refractivity contribution in [1.29, 1.82) is 0 Å². The number of β-lactam (4-membered cyclic amide) rings is 1. The van der Waals surface area contributed by atoms with Gasteiger partial charge >= 0.3 is 6.01 Å². The molecular weight excluding hydrogens is 609 g/mol. The summed E-state index contributed by atoms with van der Waals surface area (Å²) < 4.78 is 52.8. The standard InChI is InChI=1S/C35H39F3N6O3/c1-4-23-26(37)9-8-20-12-22(45)13-24(28(20)23)30-29(38)31-25(16-39-30)32(43-11-7-10-34(18-43)15-27(46)42-34)41-33(40-31)47-19-35(5-2)14-21(36)17-44(35)6-3/h8-9,12-13,16,21,45H,4-7,10-11,14-15,17-19H2,1-3H3,(H,42,46)/t21-,34?,35+/m1/s1. The first-order valence-electron chi connectivity index (χ1n) is 16.5. The van der Waals surface area contributed by atoms with E-state index in [-0.39, 0.29) is 46.6 Å². The molecule has 3 saturated heterocycles. The lowest BCUT2D eigenvalue weighted by Gasteiger charge is -2.49. The average Bonchev–Trinajstić information content (AvgIpc) is 3.38. The molecule has 5 heterocycles. The summed E-state index contributed by atoms with van der Waals surface area (Å²) in [4.78, 5) is 29.9. The number of likely N-dealkylation sites (N-methyl/N-ethyl adjacent to an activating group) is 1. The number of rotatable bonds is 8. The second-order valence-corrected chi connectivity index (χ2v) is 13.2. The third-order valence-electron chi connectivity index (χ3n) is 10.4. The molecule has 1 unspecified atom stereocenters. The molecule has 1 spiro atoms. The fourth-order valence-corrected chi connectivity index (χ4v) is 8.01. The van der Waals surface area contributed by atoms with E-state index in [0.717, 1.165) is 12.8 Å². The van der Waals surface area contributed by atoms with Crippen molar-refractivity contribution in [2.45, 2.75) is 76.5 Å². The summed E-state index contributed by atoms with van der Waals surface area (Å²) >= 11 is 0. The summed E-state index contributed by atoms with van der Waals surface area (Å²) in [6.45, 7) is 8.01. The van der Waals surface area contributed by atoms with E-state index >= 15 is 4.39 Å². The van der Waals surface area contributed by atoms with Gasteiger partial charge in [-0.15, -0.1) is 0 Å². The van der Waals surface area contributed by atoms with Gasteiger partial charge in [-0.3, -0.25) is 14.7 Å². The SMILES string of the molecule is CCc1c(F)ccc2cc(O)cc(-c3ncc4c(N5CCCC6(CC(=O)N6)C5)nc(OC[C@]5(CC)C[C@@H](F)CN5CC)nc4c3F)c12. The number of halogens is 3. The maximum absolute atomic E-state index is 16.9. The maximum atomic E-state index is 16.9. The smallest absolute Gasteiger partial charge is 0.319 e. The van der Waals surface area contributed by atoms with Crippen LogP contribution in [0.4, 0.5) is 19.0 Å². The highest BCUT2D eigenvalue weighted by Crippen LogP contribution is 2.41. The summed E-state index contributed by atoms with van der Waals surface area (Å²) in [5, 5.41) is 15.0. The number of fused-ring (bicyclic) bond motifs is 2. The number of hydrogen-bond acceptors (Lipinski definition) is 8. The van der Waals surface area contributed by atoms with Gasteiger partial charge in [0, 0.05) is 37.8 Å². The van der Waals surface area contributed by atoms with Crippen molar-refractivity contribution >= 4 is 33.4 Å². The van der Waals surface area contributed by atoms with Crippen LogP contribution in [0.25, 0.3) is 32.9 Å². The Morgan fingerprint density at radius 2 is 1.98 bits per heavy atom. The number of benzene rings is 2. The summed E-state index contributed by atoms with van der Waals surface area (Å²) in [6.07, 6.45) is 3.87. The number of aryl methyl sites for hydroxylation is 1. The molecule has 3 aliphatic rings. The highest BCUT2D eigenvalue weighted by Gasteiger charge is 2.47. The number of piperidine rings is 1. The Hall–Kier alpha value is -4.19. The number of pyridine rings is 1. The fraction of sp³-hybridized carbons (Fsp3) is 0.486. The van der Waals surface area contributed by atoms with Crippen LogP contribution in [0.15, 0.2) is 30.5 Å². The third-order valence-corrected chi connectivity index (χ3v) is 10.4. The number of carbonyl (C=O) groups excluding carboxylic acids is 1. The number of aromatic hydroxyl groups is 1. The van der Waals surface area contributed by atoms with Crippen molar-refractivity contribution in [3.63, 3.8) is 0 Å². The van der Waals surface area contributed by atoms with E-state index in [0.29, 0.717) is 79.4 Å². The second-order valence-electron chi connectivity index (χ2n) is 13.2. The van der Waals surface area contributed by atoms with Crippen LogP contribution in [-0.4, -0.2) is 80.9 Å². The maximum Gasteiger partial charge on any atom is 0.319 e. The molecule has 2 aromatic carbocycles. The Kier molecular flexibility index (Phi) is 7.89. The lowest BCUT2D eigenvalue weighted by molar-refractivity contribution is -0.133. The van der Waals surface area contributed by atoms with Crippen LogP contribution in [0.3, 0.4) is 0 Å². The molecule has 0 saturated carbocycles. The van der Waals surface area contributed by atoms with Crippen LogP contribution in [0, 0.1) is 11.6 Å². The van der Waals surface area contributed by atoms with Crippen molar-refractivity contribution < 1.29 is 27.8 Å². The highest BCUT2D eigenvalue weighted by atomic mass is 19.1.